The van der Waals surface area contributed by atoms with E-state index >= 15 is 0 Å². The highest BCUT2D eigenvalue weighted by molar-refractivity contribution is 7.85. The van der Waals surface area contributed by atoms with Gasteiger partial charge in [-0.3, -0.25) is 0 Å². The van der Waals surface area contributed by atoms with Gasteiger partial charge in [0.15, 0.2) is 0 Å². The molecule has 0 aliphatic heterocycles. The summed E-state index contributed by atoms with van der Waals surface area (Å²) in [5, 5.41) is 0.498. The van der Waals surface area contributed by atoms with Gasteiger partial charge in [-0.1, -0.05) is 30.3 Å². The fourth-order valence-corrected chi connectivity index (χ4v) is 2.68. The largest absolute Gasteiger partial charge is 0.331 e. The molecule has 0 saturated heterocycles. The fraction of sp³-hybridized carbons (Fsp3) is 0. The molecule has 3 aromatic rings. The maximum Gasteiger partial charge on any atom is 0.202 e. The van der Waals surface area contributed by atoms with Gasteiger partial charge in [-0.15, -0.1) is 0 Å². The Bertz CT molecular complexity index is 643. The highest BCUT2D eigenvalue weighted by atomic mass is 32.2. The van der Waals surface area contributed by atoms with Gasteiger partial charge < -0.3 is 4.98 Å². The van der Waals surface area contributed by atoms with Crippen molar-refractivity contribution in [3.05, 3.63) is 54.6 Å². The topological polar surface area (TPSA) is 45.8 Å². The third-order valence-electron chi connectivity index (χ3n) is 2.50. The molecule has 3 rings (SSSR count). The average Bonchev–Trinajstić information content (AvgIpc) is 2.82. The summed E-state index contributed by atoms with van der Waals surface area (Å²) >= 11 is 0. The molecule has 17 heavy (non-hydrogen) atoms. The van der Waals surface area contributed by atoms with Crippen molar-refractivity contribution in [1.82, 2.24) is 9.97 Å². The predicted molar refractivity (Wildman–Crippen MR) is 67.2 cm³/mol. The second-order valence-corrected chi connectivity index (χ2v) is 5.04. The van der Waals surface area contributed by atoms with E-state index in [0.29, 0.717) is 5.16 Å². The molecule has 0 amide bonds. The zero-order chi connectivity index (χ0) is 11.7. The third kappa shape index (κ3) is 1.87. The van der Waals surface area contributed by atoms with Gasteiger partial charge in [-0.25, -0.2) is 9.19 Å². The van der Waals surface area contributed by atoms with Crippen molar-refractivity contribution in [2.24, 2.45) is 0 Å². The number of hydrogen-bond donors (Lipinski definition) is 1. The summed E-state index contributed by atoms with van der Waals surface area (Å²) in [7, 11) is -1.25. The first-order valence-corrected chi connectivity index (χ1v) is 6.41. The van der Waals surface area contributed by atoms with Crippen molar-refractivity contribution >= 4 is 21.8 Å². The maximum absolute atomic E-state index is 12.2. The van der Waals surface area contributed by atoms with E-state index in [1.54, 1.807) is 0 Å². The van der Waals surface area contributed by atoms with E-state index in [2.05, 4.69) is 9.97 Å². The minimum atomic E-state index is -1.25. The number of nitrogens with one attached hydrogen (secondary N) is 1. The number of nitrogens with zero attached hydrogens (tertiary/aromatic N) is 1. The maximum atomic E-state index is 12.2. The molecule has 0 spiro atoms. The Balaban J connectivity index is 2.07. The molecular weight excluding hydrogens is 232 g/mol. The quantitative estimate of drug-likeness (QED) is 0.751. The van der Waals surface area contributed by atoms with Crippen molar-refractivity contribution in [2.75, 3.05) is 0 Å². The van der Waals surface area contributed by atoms with Crippen LogP contribution in [-0.2, 0) is 10.8 Å². The molecule has 0 aliphatic carbocycles. The van der Waals surface area contributed by atoms with Gasteiger partial charge >= 0.3 is 0 Å². The second-order valence-electron chi connectivity index (χ2n) is 3.64. The van der Waals surface area contributed by atoms with E-state index in [-0.39, 0.29) is 0 Å². The highest BCUT2D eigenvalue weighted by Gasteiger charge is 2.11. The number of benzene rings is 2. The molecule has 3 nitrogen and oxygen atoms in total. The number of H-pyrrole nitrogens is 1. The van der Waals surface area contributed by atoms with Crippen LogP contribution in [0.5, 0.6) is 0 Å². The molecule has 1 aromatic heterocycles. The molecule has 0 fully saturated rings. The number of aromatic amines is 1. The fourth-order valence-electron chi connectivity index (χ4n) is 1.67. The first kappa shape index (κ1) is 10.2. The monoisotopic (exact) mass is 242 g/mol. The highest BCUT2D eigenvalue weighted by Crippen LogP contribution is 2.17. The zero-order valence-electron chi connectivity index (χ0n) is 8.96. The van der Waals surface area contributed by atoms with E-state index in [1.165, 1.54) is 0 Å². The summed E-state index contributed by atoms with van der Waals surface area (Å²) in [5.41, 5.74) is 1.75. The standard InChI is InChI=1S/C13H10N2OS/c16-17(10-6-2-1-3-7-10)13-14-11-8-4-5-9-12(11)15-13/h1-9H,(H,14,15). The Labute approximate surface area is 101 Å². The molecule has 0 aliphatic rings. The Kier molecular flexibility index (Phi) is 2.49. The molecule has 2 aromatic carbocycles. The van der Waals surface area contributed by atoms with Crippen LogP contribution >= 0.6 is 0 Å². The van der Waals surface area contributed by atoms with Gasteiger partial charge in [0, 0.05) is 4.90 Å². The number of hydrogen-bond acceptors (Lipinski definition) is 2. The van der Waals surface area contributed by atoms with Crippen molar-refractivity contribution in [3.8, 4) is 0 Å². The van der Waals surface area contributed by atoms with Crippen LogP contribution in [0.2, 0.25) is 0 Å². The number of fused-ring (bicyclic) bond motifs is 1. The molecule has 1 heterocycles. The first-order chi connectivity index (χ1) is 8.34. The molecule has 1 N–H and O–H groups in total. The van der Waals surface area contributed by atoms with Crippen molar-refractivity contribution in [1.29, 1.82) is 0 Å². The number of para-hydroxylation sites is 2. The summed E-state index contributed by atoms with van der Waals surface area (Å²) in [4.78, 5) is 8.17. The predicted octanol–water partition coefficient (Wildman–Crippen LogP) is 2.73. The summed E-state index contributed by atoms with van der Waals surface area (Å²) in [6.07, 6.45) is 0. The van der Waals surface area contributed by atoms with Crippen LogP contribution in [-0.4, -0.2) is 14.2 Å². The molecular formula is C13H10N2OS. The van der Waals surface area contributed by atoms with Gasteiger partial charge in [0.25, 0.3) is 0 Å². The Morgan fingerprint density at radius 1 is 0.941 bits per heavy atom. The number of imidazole rings is 1. The molecule has 1 atom stereocenters. The molecule has 4 heteroatoms. The van der Waals surface area contributed by atoms with E-state index < -0.39 is 10.8 Å². The van der Waals surface area contributed by atoms with Gasteiger partial charge in [0.05, 0.1) is 11.0 Å². The van der Waals surface area contributed by atoms with Crippen molar-refractivity contribution in [3.63, 3.8) is 0 Å². The summed E-state index contributed by atoms with van der Waals surface area (Å²) in [5.74, 6) is 0. The number of rotatable bonds is 2. The van der Waals surface area contributed by atoms with Crippen LogP contribution in [0.4, 0.5) is 0 Å². The third-order valence-corrected chi connectivity index (χ3v) is 3.75. The van der Waals surface area contributed by atoms with E-state index in [9.17, 15) is 4.21 Å². The van der Waals surface area contributed by atoms with Crippen LogP contribution in [0, 0.1) is 0 Å². The summed E-state index contributed by atoms with van der Waals surface area (Å²) < 4.78 is 12.2. The minimum absolute atomic E-state index is 0.498. The molecule has 84 valence electrons. The van der Waals surface area contributed by atoms with Crippen LogP contribution in [0.15, 0.2) is 64.6 Å². The first-order valence-electron chi connectivity index (χ1n) is 5.26. The zero-order valence-corrected chi connectivity index (χ0v) is 9.78. The SMILES string of the molecule is O=S(c1ccccc1)c1nc2ccccc2[nH]1. The van der Waals surface area contributed by atoms with Gasteiger partial charge in [0.2, 0.25) is 5.16 Å². The summed E-state index contributed by atoms with van der Waals surface area (Å²) in [6, 6.07) is 17.0. The lowest BCUT2D eigenvalue weighted by molar-refractivity contribution is 0.678. The lowest BCUT2D eigenvalue weighted by Gasteiger charge is -1.96. The van der Waals surface area contributed by atoms with E-state index in [0.717, 1.165) is 15.9 Å². The molecule has 0 radical (unpaired) electrons. The van der Waals surface area contributed by atoms with Crippen LogP contribution < -0.4 is 0 Å². The average molecular weight is 242 g/mol. The van der Waals surface area contributed by atoms with Gasteiger partial charge in [0.1, 0.15) is 10.8 Å². The van der Waals surface area contributed by atoms with E-state index in [1.807, 2.05) is 54.6 Å². The van der Waals surface area contributed by atoms with Gasteiger partial charge in [-0.05, 0) is 24.3 Å². The van der Waals surface area contributed by atoms with Crippen molar-refractivity contribution in [2.45, 2.75) is 10.1 Å². The van der Waals surface area contributed by atoms with Crippen LogP contribution in [0.3, 0.4) is 0 Å². The lowest BCUT2D eigenvalue weighted by Crippen LogP contribution is -1.94. The molecule has 0 saturated carbocycles. The molecule has 0 bridgehead atoms. The minimum Gasteiger partial charge on any atom is -0.331 e. The smallest absolute Gasteiger partial charge is 0.202 e. The Morgan fingerprint density at radius 2 is 1.65 bits per heavy atom. The molecule has 1 unspecified atom stereocenters. The van der Waals surface area contributed by atoms with Crippen molar-refractivity contribution < 1.29 is 4.21 Å². The number of aromatic nitrogens is 2. The second kappa shape index (κ2) is 4.14. The summed E-state index contributed by atoms with van der Waals surface area (Å²) in [6.45, 7) is 0. The van der Waals surface area contributed by atoms with Crippen LogP contribution in [0.25, 0.3) is 11.0 Å². The Morgan fingerprint density at radius 3 is 2.41 bits per heavy atom. The van der Waals surface area contributed by atoms with Gasteiger partial charge in [-0.2, -0.15) is 0 Å². The van der Waals surface area contributed by atoms with Crippen LogP contribution in [0.1, 0.15) is 0 Å². The lowest BCUT2D eigenvalue weighted by atomic mass is 10.3. The Hall–Kier alpha value is -1.94. The van der Waals surface area contributed by atoms with E-state index in [4.69, 9.17) is 0 Å². The normalized spacial score (nSPS) is 12.7.